The molecule has 0 saturated heterocycles. The molecule has 0 saturated carbocycles. The summed E-state index contributed by atoms with van der Waals surface area (Å²) in [7, 11) is 0. The minimum atomic E-state index is -0.201. The highest BCUT2D eigenvalue weighted by atomic mass is 79.9. The summed E-state index contributed by atoms with van der Waals surface area (Å²) in [5.74, 6) is 0. The second kappa shape index (κ2) is 7.75. The molecule has 0 aliphatic heterocycles. The predicted molar refractivity (Wildman–Crippen MR) is 45.7 cm³/mol. The third kappa shape index (κ3) is 6.06. The molecule has 0 aromatic carbocycles. The van der Waals surface area contributed by atoms with Crippen molar-refractivity contribution in [1.82, 2.24) is 0 Å². The number of halogens is 1. The van der Waals surface area contributed by atoms with Crippen molar-refractivity contribution in [1.29, 1.82) is 0 Å². The van der Waals surface area contributed by atoms with E-state index in [1.165, 1.54) is 0 Å². The molecule has 0 rings (SSSR count). The van der Waals surface area contributed by atoms with Gasteiger partial charge < -0.3 is 9.47 Å². The van der Waals surface area contributed by atoms with Crippen LogP contribution in [-0.2, 0) is 14.3 Å². The minimum absolute atomic E-state index is 0.201. The zero-order valence-electron chi connectivity index (χ0n) is 6.16. The van der Waals surface area contributed by atoms with Crippen LogP contribution in [0, 0.1) is 0 Å². The second-order valence-electron chi connectivity index (χ2n) is 1.83. The van der Waals surface area contributed by atoms with Crippen LogP contribution in [0.25, 0.3) is 0 Å². The SMILES string of the molecule is C=CCOC[C@H](CBr)OC=O. The first kappa shape index (κ1) is 10.7. The van der Waals surface area contributed by atoms with Crippen molar-refractivity contribution in [3.63, 3.8) is 0 Å². The molecule has 0 aromatic heterocycles. The normalized spacial score (nSPS) is 12.1. The molecule has 0 radical (unpaired) electrons. The van der Waals surface area contributed by atoms with E-state index in [9.17, 15) is 4.79 Å². The lowest BCUT2D eigenvalue weighted by Gasteiger charge is -2.10. The van der Waals surface area contributed by atoms with E-state index in [1.54, 1.807) is 6.08 Å². The summed E-state index contributed by atoms with van der Waals surface area (Å²) in [5.41, 5.74) is 0. The van der Waals surface area contributed by atoms with Gasteiger partial charge in [0.1, 0.15) is 6.10 Å². The van der Waals surface area contributed by atoms with Crippen molar-refractivity contribution in [2.24, 2.45) is 0 Å². The quantitative estimate of drug-likeness (QED) is 0.281. The van der Waals surface area contributed by atoms with Crippen LogP contribution < -0.4 is 0 Å². The monoisotopic (exact) mass is 222 g/mol. The van der Waals surface area contributed by atoms with Crippen molar-refractivity contribution in [3.05, 3.63) is 12.7 Å². The van der Waals surface area contributed by atoms with Crippen LogP contribution in [0.5, 0.6) is 0 Å². The maximum absolute atomic E-state index is 9.89. The summed E-state index contributed by atoms with van der Waals surface area (Å²) in [6.45, 7) is 4.78. The highest BCUT2D eigenvalue weighted by molar-refractivity contribution is 9.09. The number of hydrogen-bond acceptors (Lipinski definition) is 3. The van der Waals surface area contributed by atoms with Gasteiger partial charge in [-0.05, 0) is 0 Å². The molecule has 0 aliphatic rings. The first-order chi connectivity index (χ1) is 5.35. The van der Waals surface area contributed by atoms with Crippen LogP contribution in [0.3, 0.4) is 0 Å². The van der Waals surface area contributed by atoms with E-state index in [0.29, 0.717) is 25.0 Å². The third-order valence-electron chi connectivity index (χ3n) is 0.960. The summed E-state index contributed by atoms with van der Waals surface area (Å²) in [5, 5.41) is 0.586. The third-order valence-corrected chi connectivity index (χ3v) is 1.68. The second-order valence-corrected chi connectivity index (χ2v) is 2.48. The van der Waals surface area contributed by atoms with Crippen LogP contribution in [0.1, 0.15) is 0 Å². The summed E-state index contributed by atoms with van der Waals surface area (Å²) < 4.78 is 9.71. The number of ether oxygens (including phenoxy) is 2. The Hall–Kier alpha value is -0.350. The fourth-order valence-corrected chi connectivity index (χ4v) is 0.821. The average molecular weight is 223 g/mol. The number of alkyl halides is 1. The fraction of sp³-hybridized carbons (Fsp3) is 0.571. The molecule has 64 valence electrons. The van der Waals surface area contributed by atoms with E-state index in [1.807, 2.05) is 0 Å². The Bertz CT molecular complexity index is 116. The van der Waals surface area contributed by atoms with Gasteiger partial charge in [0.25, 0.3) is 6.47 Å². The summed E-state index contributed by atoms with van der Waals surface area (Å²) in [6, 6.07) is 0. The van der Waals surface area contributed by atoms with E-state index in [-0.39, 0.29) is 6.10 Å². The summed E-state index contributed by atoms with van der Waals surface area (Å²) in [4.78, 5) is 9.89. The van der Waals surface area contributed by atoms with E-state index < -0.39 is 0 Å². The zero-order chi connectivity index (χ0) is 8.53. The molecule has 3 nitrogen and oxygen atoms in total. The summed E-state index contributed by atoms with van der Waals surface area (Å²) in [6.07, 6.45) is 1.44. The Labute approximate surface area is 74.5 Å². The number of carbonyl (C=O) groups excluding carboxylic acids is 1. The van der Waals surface area contributed by atoms with E-state index in [0.717, 1.165) is 0 Å². The first-order valence-electron chi connectivity index (χ1n) is 3.18. The topological polar surface area (TPSA) is 35.5 Å². The van der Waals surface area contributed by atoms with Crippen LogP contribution in [0.2, 0.25) is 0 Å². The van der Waals surface area contributed by atoms with Gasteiger partial charge in [-0.1, -0.05) is 22.0 Å². The van der Waals surface area contributed by atoms with E-state index in [2.05, 4.69) is 27.2 Å². The lowest BCUT2D eigenvalue weighted by molar-refractivity contribution is -0.134. The molecule has 0 fully saturated rings. The Morgan fingerprint density at radius 1 is 1.64 bits per heavy atom. The number of hydrogen-bond donors (Lipinski definition) is 0. The number of carbonyl (C=O) groups is 1. The molecule has 0 heterocycles. The lowest BCUT2D eigenvalue weighted by Crippen LogP contribution is -2.20. The Kier molecular flexibility index (Phi) is 7.51. The molecule has 0 bridgehead atoms. The largest absolute Gasteiger partial charge is 0.461 e. The minimum Gasteiger partial charge on any atom is -0.461 e. The maximum Gasteiger partial charge on any atom is 0.293 e. The van der Waals surface area contributed by atoms with Gasteiger partial charge in [-0.25, -0.2) is 0 Å². The lowest BCUT2D eigenvalue weighted by atomic mass is 10.4. The van der Waals surface area contributed by atoms with Gasteiger partial charge in [-0.15, -0.1) is 6.58 Å². The molecular weight excluding hydrogens is 212 g/mol. The van der Waals surface area contributed by atoms with Crippen molar-refractivity contribution >= 4 is 22.4 Å². The van der Waals surface area contributed by atoms with Gasteiger partial charge >= 0.3 is 0 Å². The standard InChI is InChI=1S/C7H11BrO3/c1-2-3-10-5-7(4-8)11-6-9/h2,6-7H,1,3-5H2/t7-/m0/s1. The molecule has 0 aromatic rings. The average Bonchev–Trinajstić information content (AvgIpc) is 2.03. The Morgan fingerprint density at radius 2 is 2.36 bits per heavy atom. The molecule has 0 amide bonds. The molecule has 4 heteroatoms. The molecule has 0 spiro atoms. The highest BCUT2D eigenvalue weighted by Gasteiger charge is 2.05. The van der Waals surface area contributed by atoms with Crippen LogP contribution in [-0.4, -0.2) is 31.1 Å². The van der Waals surface area contributed by atoms with E-state index >= 15 is 0 Å². The Morgan fingerprint density at radius 3 is 2.82 bits per heavy atom. The first-order valence-corrected chi connectivity index (χ1v) is 4.31. The van der Waals surface area contributed by atoms with Gasteiger partial charge in [-0.2, -0.15) is 0 Å². The van der Waals surface area contributed by atoms with Gasteiger partial charge in [0.05, 0.1) is 13.2 Å². The molecule has 0 N–H and O–H groups in total. The smallest absolute Gasteiger partial charge is 0.293 e. The van der Waals surface area contributed by atoms with Crippen LogP contribution in [0.4, 0.5) is 0 Å². The van der Waals surface area contributed by atoms with Crippen LogP contribution in [0.15, 0.2) is 12.7 Å². The van der Waals surface area contributed by atoms with Crippen molar-refractivity contribution in [2.75, 3.05) is 18.5 Å². The van der Waals surface area contributed by atoms with Crippen LogP contribution >= 0.6 is 15.9 Å². The van der Waals surface area contributed by atoms with Gasteiger partial charge in [0, 0.05) is 5.33 Å². The van der Waals surface area contributed by atoms with Gasteiger partial charge in [0.2, 0.25) is 0 Å². The maximum atomic E-state index is 9.89. The summed E-state index contributed by atoms with van der Waals surface area (Å²) >= 11 is 3.18. The van der Waals surface area contributed by atoms with Crippen molar-refractivity contribution in [3.8, 4) is 0 Å². The number of rotatable bonds is 7. The molecule has 1 atom stereocenters. The van der Waals surface area contributed by atoms with Gasteiger partial charge in [0.15, 0.2) is 0 Å². The molecule has 11 heavy (non-hydrogen) atoms. The van der Waals surface area contributed by atoms with Crippen molar-refractivity contribution in [2.45, 2.75) is 6.10 Å². The van der Waals surface area contributed by atoms with E-state index in [4.69, 9.17) is 4.74 Å². The van der Waals surface area contributed by atoms with Crippen molar-refractivity contribution < 1.29 is 14.3 Å². The fourth-order valence-electron chi connectivity index (χ4n) is 0.482. The molecule has 0 aliphatic carbocycles. The molecule has 0 unspecified atom stereocenters. The van der Waals surface area contributed by atoms with Gasteiger partial charge in [-0.3, -0.25) is 4.79 Å². The predicted octanol–water partition coefficient (Wildman–Crippen LogP) is 1.13. The highest BCUT2D eigenvalue weighted by Crippen LogP contribution is 1.96. The Balaban J connectivity index is 3.34. The molecular formula is C7H11BrO3. The zero-order valence-corrected chi connectivity index (χ0v) is 7.75.